The molecule has 3 nitrogen and oxygen atoms in total. The van der Waals surface area contributed by atoms with Gasteiger partial charge in [-0.05, 0) is 80.5 Å². The number of carbonyl (C=O) groups excluding carboxylic acids is 1. The van der Waals surface area contributed by atoms with Crippen LogP contribution in [0.1, 0.15) is 64.7 Å². The number of epoxide rings is 1. The summed E-state index contributed by atoms with van der Waals surface area (Å²) in [6.45, 7) is 4.20. The quantitative estimate of drug-likeness (QED) is 0.718. The smallest absolute Gasteiger partial charge is 0.139 e. The fourth-order valence-corrected chi connectivity index (χ4v) is 7.80. The molecule has 0 radical (unpaired) electrons. The molecule has 0 aromatic carbocycles. The maximum Gasteiger partial charge on any atom is 0.139 e. The molecule has 4 aliphatic carbocycles. The minimum Gasteiger partial charge on any atom is -0.384 e. The molecule has 0 N–H and O–H groups in total. The number of Topliss-reactive ketones (excluding diaryl/α,β-unsaturated/α-hetero) is 1. The highest BCUT2D eigenvalue weighted by Gasteiger charge is 2.64. The monoisotopic (exact) mass is 332 g/mol. The number of methoxy groups -OCH3 is 1. The van der Waals surface area contributed by atoms with Gasteiger partial charge in [0.15, 0.2) is 0 Å². The minimum absolute atomic E-state index is 0.00222. The van der Waals surface area contributed by atoms with E-state index in [1.165, 1.54) is 38.5 Å². The van der Waals surface area contributed by atoms with Gasteiger partial charge in [0.2, 0.25) is 0 Å². The lowest BCUT2D eigenvalue weighted by Crippen LogP contribution is -2.57. The Labute approximate surface area is 145 Å². The highest BCUT2D eigenvalue weighted by atomic mass is 16.6. The Hall–Kier alpha value is -0.410. The second-order valence-electron chi connectivity index (χ2n) is 9.91. The summed E-state index contributed by atoms with van der Waals surface area (Å²) < 4.78 is 11.7. The van der Waals surface area contributed by atoms with Gasteiger partial charge in [0, 0.05) is 18.9 Å². The molecule has 0 amide bonds. The molecular weight excluding hydrogens is 300 g/mol. The van der Waals surface area contributed by atoms with E-state index < -0.39 is 0 Å². The van der Waals surface area contributed by atoms with Gasteiger partial charge in [0.1, 0.15) is 5.78 Å². The molecular formula is C21H32O3. The number of ketones is 1. The summed E-state index contributed by atoms with van der Waals surface area (Å²) in [6, 6.07) is 0. The van der Waals surface area contributed by atoms with Crippen molar-refractivity contribution in [2.45, 2.75) is 70.3 Å². The normalized spacial score (nSPS) is 55.8. The van der Waals surface area contributed by atoms with E-state index in [-0.39, 0.29) is 11.0 Å². The molecule has 4 saturated carbocycles. The molecule has 1 spiro atoms. The van der Waals surface area contributed by atoms with Crippen molar-refractivity contribution in [3.05, 3.63) is 0 Å². The molecule has 0 bridgehead atoms. The zero-order chi connectivity index (χ0) is 16.6. The molecule has 1 aliphatic heterocycles. The Morgan fingerprint density at radius 1 is 1.12 bits per heavy atom. The van der Waals surface area contributed by atoms with Crippen LogP contribution in [0, 0.1) is 34.5 Å². The third-order valence-electron chi connectivity index (χ3n) is 9.18. The molecule has 24 heavy (non-hydrogen) atoms. The van der Waals surface area contributed by atoms with Crippen LogP contribution in [-0.4, -0.2) is 31.7 Å². The third kappa shape index (κ3) is 1.95. The van der Waals surface area contributed by atoms with Crippen molar-refractivity contribution in [2.75, 3.05) is 20.3 Å². The second-order valence-corrected chi connectivity index (χ2v) is 9.91. The highest BCUT2D eigenvalue weighted by Crippen LogP contribution is 2.67. The zero-order valence-electron chi connectivity index (χ0n) is 15.3. The van der Waals surface area contributed by atoms with Crippen molar-refractivity contribution in [2.24, 2.45) is 34.5 Å². The van der Waals surface area contributed by atoms with Crippen LogP contribution < -0.4 is 0 Å². The van der Waals surface area contributed by atoms with Gasteiger partial charge in [-0.2, -0.15) is 0 Å². The van der Waals surface area contributed by atoms with Crippen LogP contribution in [0.2, 0.25) is 0 Å². The molecule has 0 aromatic heterocycles. The van der Waals surface area contributed by atoms with Gasteiger partial charge in [-0.25, -0.2) is 0 Å². The van der Waals surface area contributed by atoms with Gasteiger partial charge in [0.05, 0.1) is 18.8 Å². The van der Waals surface area contributed by atoms with Crippen LogP contribution in [0.25, 0.3) is 0 Å². The first-order valence-electron chi connectivity index (χ1n) is 10.2. The number of ether oxygens (including phenoxy) is 2. The van der Waals surface area contributed by atoms with E-state index in [4.69, 9.17) is 9.47 Å². The first-order chi connectivity index (χ1) is 11.5. The van der Waals surface area contributed by atoms with E-state index in [1.54, 1.807) is 0 Å². The van der Waals surface area contributed by atoms with E-state index in [0.717, 1.165) is 50.2 Å². The lowest BCUT2D eigenvalue weighted by Gasteiger charge is -2.61. The van der Waals surface area contributed by atoms with Crippen molar-refractivity contribution in [1.82, 2.24) is 0 Å². The maximum atomic E-state index is 12.5. The van der Waals surface area contributed by atoms with Crippen molar-refractivity contribution in [1.29, 1.82) is 0 Å². The molecule has 5 fully saturated rings. The van der Waals surface area contributed by atoms with Crippen LogP contribution in [0.5, 0.6) is 0 Å². The molecule has 5 rings (SSSR count). The maximum absolute atomic E-state index is 12.5. The Morgan fingerprint density at radius 3 is 2.71 bits per heavy atom. The topological polar surface area (TPSA) is 38.8 Å². The number of rotatable bonds is 2. The first-order valence-corrected chi connectivity index (χ1v) is 10.2. The van der Waals surface area contributed by atoms with Crippen molar-refractivity contribution in [3.8, 4) is 0 Å². The predicted octanol–water partition coefficient (Wildman–Crippen LogP) is 3.99. The van der Waals surface area contributed by atoms with Crippen molar-refractivity contribution < 1.29 is 14.3 Å². The van der Waals surface area contributed by atoms with E-state index >= 15 is 0 Å². The van der Waals surface area contributed by atoms with Gasteiger partial charge < -0.3 is 9.47 Å². The van der Waals surface area contributed by atoms with Crippen LogP contribution >= 0.6 is 0 Å². The van der Waals surface area contributed by atoms with Crippen LogP contribution in [0.4, 0.5) is 0 Å². The molecule has 5 aliphatic rings. The summed E-state index contributed by atoms with van der Waals surface area (Å²) in [7, 11) is 1.89. The van der Waals surface area contributed by atoms with Crippen LogP contribution in [0.3, 0.4) is 0 Å². The van der Waals surface area contributed by atoms with E-state index in [9.17, 15) is 4.79 Å². The third-order valence-corrected chi connectivity index (χ3v) is 9.18. The summed E-state index contributed by atoms with van der Waals surface area (Å²) in [6.07, 6.45) is 10.8. The lowest BCUT2D eigenvalue weighted by atomic mass is 9.44. The average molecular weight is 332 g/mol. The minimum atomic E-state index is -0.00222. The molecule has 3 heteroatoms. The van der Waals surface area contributed by atoms with Gasteiger partial charge >= 0.3 is 0 Å². The van der Waals surface area contributed by atoms with Gasteiger partial charge in [-0.15, -0.1) is 0 Å². The lowest BCUT2D eigenvalue weighted by molar-refractivity contribution is -0.156. The second kappa shape index (κ2) is 5.07. The summed E-state index contributed by atoms with van der Waals surface area (Å²) >= 11 is 0. The van der Waals surface area contributed by atoms with Crippen LogP contribution in [-0.2, 0) is 14.3 Å². The standard InChI is InChI=1S/C21H32O3/c1-19-8-7-17-15(16(19)5-6-18(19)22)4-3-14-11-20(12-24-20)9-10-21(14,17)13-23-2/h14-17H,3-13H2,1-2H3/t14-,15-,16-,17-,19-,20+,21+/m0/s1. The first kappa shape index (κ1) is 15.8. The number of carbonyl (C=O) groups is 1. The predicted molar refractivity (Wildman–Crippen MR) is 91.6 cm³/mol. The molecule has 134 valence electrons. The largest absolute Gasteiger partial charge is 0.384 e. The van der Waals surface area contributed by atoms with Gasteiger partial charge in [-0.3, -0.25) is 4.79 Å². The SMILES string of the molecule is COC[C@]12CC[C@]3(CO3)C[C@@H]1CC[C@@H]1[C@@H]2CC[C@]2(C)C(=O)CC[C@@H]12. The molecule has 1 saturated heterocycles. The molecule has 0 unspecified atom stereocenters. The Kier molecular flexibility index (Phi) is 3.34. The van der Waals surface area contributed by atoms with E-state index in [1.807, 2.05) is 7.11 Å². The zero-order valence-corrected chi connectivity index (χ0v) is 15.3. The van der Waals surface area contributed by atoms with Gasteiger partial charge in [-0.1, -0.05) is 6.92 Å². The molecule has 0 aromatic rings. The number of hydrogen-bond donors (Lipinski definition) is 0. The van der Waals surface area contributed by atoms with E-state index in [2.05, 4.69) is 6.92 Å². The fourth-order valence-electron chi connectivity index (χ4n) is 7.80. The molecule has 7 atom stereocenters. The van der Waals surface area contributed by atoms with E-state index in [0.29, 0.717) is 17.1 Å². The summed E-state index contributed by atoms with van der Waals surface area (Å²) in [5.74, 6) is 3.51. The summed E-state index contributed by atoms with van der Waals surface area (Å²) in [5.41, 5.74) is 0.612. The Balaban J connectivity index is 1.48. The van der Waals surface area contributed by atoms with Crippen LogP contribution in [0.15, 0.2) is 0 Å². The fraction of sp³-hybridized carbons (Fsp3) is 0.952. The van der Waals surface area contributed by atoms with Crippen molar-refractivity contribution >= 4 is 5.78 Å². The molecule has 1 heterocycles. The summed E-state index contributed by atoms with van der Waals surface area (Å²) in [4.78, 5) is 12.5. The number of fused-ring (bicyclic) bond motifs is 5. The highest BCUT2D eigenvalue weighted by molar-refractivity contribution is 5.87. The number of hydrogen-bond acceptors (Lipinski definition) is 3. The Bertz CT molecular complexity index is 553. The van der Waals surface area contributed by atoms with Gasteiger partial charge in [0.25, 0.3) is 0 Å². The Morgan fingerprint density at radius 2 is 1.96 bits per heavy atom. The average Bonchev–Trinajstić information content (AvgIpc) is 3.26. The van der Waals surface area contributed by atoms with Crippen molar-refractivity contribution in [3.63, 3.8) is 0 Å². The summed E-state index contributed by atoms with van der Waals surface area (Å²) in [5, 5.41) is 0.